The van der Waals surface area contributed by atoms with E-state index in [1.54, 1.807) is 14.0 Å². The Morgan fingerprint density at radius 2 is 2.46 bits per heavy atom. The molecule has 0 radical (unpaired) electrons. The first-order valence-electron chi connectivity index (χ1n) is 4.66. The van der Waals surface area contributed by atoms with Gasteiger partial charge in [-0.15, -0.1) is 0 Å². The van der Waals surface area contributed by atoms with E-state index in [-0.39, 0.29) is 12.0 Å². The normalized spacial score (nSPS) is 24.4. The number of carbonyl (C=O) groups is 1. The van der Waals surface area contributed by atoms with Crippen LogP contribution in [0.2, 0.25) is 0 Å². The number of hydrogen-bond acceptors (Lipinski definition) is 3. The fourth-order valence-corrected chi connectivity index (χ4v) is 1.50. The number of nitrogens with zero attached hydrogens (tertiary/aromatic N) is 1. The molecule has 1 heterocycles. The van der Waals surface area contributed by atoms with Crippen molar-refractivity contribution in [1.82, 2.24) is 4.90 Å². The van der Waals surface area contributed by atoms with Crippen molar-refractivity contribution in [3.05, 3.63) is 0 Å². The molecule has 1 fully saturated rings. The highest BCUT2D eigenvalue weighted by atomic mass is 16.5. The van der Waals surface area contributed by atoms with Gasteiger partial charge in [-0.05, 0) is 19.8 Å². The lowest BCUT2D eigenvalue weighted by molar-refractivity contribution is -0.140. The SMILES string of the molecule is CC(O)CN(C)C(=O)[C@H]1CCCO1. The topological polar surface area (TPSA) is 49.8 Å². The number of hydrogen-bond donors (Lipinski definition) is 1. The fraction of sp³-hybridized carbons (Fsp3) is 0.889. The van der Waals surface area contributed by atoms with Crippen molar-refractivity contribution in [1.29, 1.82) is 0 Å². The van der Waals surface area contributed by atoms with Crippen molar-refractivity contribution >= 4 is 5.91 Å². The average molecular weight is 187 g/mol. The van der Waals surface area contributed by atoms with Crippen molar-refractivity contribution < 1.29 is 14.6 Å². The van der Waals surface area contributed by atoms with Gasteiger partial charge in [0.1, 0.15) is 6.10 Å². The lowest BCUT2D eigenvalue weighted by Gasteiger charge is -2.21. The summed E-state index contributed by atoms with van der Waals surface area (Å²) in [7, 11) is 1.69. The molecule has 4 heteroatoms. The Morgan fingerprint density at radius 3 is 2.92 bits per heavy atom. The van der Waals surface area contributed by atoms with E-state index in [9.17, 15) is 4.79 Å². The first-order chi connectivity index (χ1) is 6.11. The monoisotopic (exact) mass is 187 g/mol. The summed E-state index contributed by atoms with van der Waals surface area (Å²) in [4.78, 5) is 13.1. The van der Waals surface area contributed by atoms with Crippen LogP contribution in [0.5, 0.6) is 0 Å². The largest absolute Gasteiger partial charge is 0.392 e. The van der Waals surface area contributed by atoms with Gasteiger partial charge in [-0.1, -0.05) is 0 Å². The Kier molecular flexibility index (Phi) is 3.69. The molecule has 1 unspecified atom stereocenters. The number of aliphatic hydroxyl groups is 1. The summed E-state index contributed by atoms with van der Waals surface area (Å²) in [6.07, 6.45) is 1.01. The number of likely N-dealkylation sites (N-methyl/N-ethyl adjacent to an activating group) is 1. The molecular weight excluding hydrogens is 170 g/mol. The van der Waals surface area contributed by atoms with Gasteiger partial charge in [0.2, 0.25) is 0 Å². The molecule has 0 bridgehead atoms. The minimum absolute atomic E-state index is 0.0154. The molecule has 1 aliphatic heterocycles. The number of carbonyl (C=O) groups excluding carboxylic acids is 1. The quantitative estimate of drug-likeness (QED) is 0.677. The van der Waals surface area contributed by atoms with Gasteiger partial charge in [-0.25, -0.2) is 0 Å². The fourth-order valence-electron chi connectivity index (χ4n) is 1.50. The second kappa shape index (κ2) is 4.58. The lowest BCUT2D eigenvalue weighted by atomic mass is 10.2. The highest BCUT2D eigenvalue weighted by Crippen LogP contribution is 2.14. The van der Waals surface area contributed by atoms with Crippen molar-refractivity contribution in [3.63, 3.8) is 0 Å². The Bertz CT molecular complexity index is 176. The van der Waals surface area contributed by atoms with E-state index in [0.29, 0.717) is 13.2 Å². The first-order valence-corrected chi connectivity index (χ1v) is 4.66. The summed E-state index contributed by atoms with van der Waals surface area (Å²) < 4.78 is 5.24. The smallest absolute Gasteiger partial charge is 0.251 e. The molecule has 4 nitrogen and oxygen atoms in total. The third-order valence-corrected chi connectivity index (χ3v) is 2.12. The van der Waals surface area contributed by atoms with Crippen LogP contribution in [0.15, 0.2) is 0 Å². The molecule has 0 spiro atoms. The van der Waals surface area contributed by atoms with E-state index >= 15 is 0 Å². The first kappa shape index (κ1) is 10.5. The Balaban J connectivity index is 2.36. The molecule has 0 aromatic carbocycles. The Morgan fingerprint density at radius 1 is 1.77 bits per heavy atom. The van der Waals surface area contributed by atoms with Crippen LogP contribution >= 0.6 is 0 Å². The van der Waals surface area contributed by atoms with Crippen LogP contribution < -0.4 is 0 Å². The molecule has 1 N–H and O–H groups in total. The molecule has 0 aromatic rings. The number of aliphatic hydroxyl groups excluding tert-OH is 1. The number of rotatable bonds is 3. The van der Waals surface area contributed by atoms with Crippen LogP contribution in [-0.2, 0) is 9.53 Å². The van der Waals surface area contributed by atoms with E-state index in [1.807, 2.05) is 0 Å². The molecule has 1 saturated heterocycles. The molecule has 0 aliphatic carbocycles. The second-order valence-corrected chi connectivity index (χ2v) is 3.57. The molecule has 1 amide bonds. The predicted molar refractivity (Wildman–Crippen MR) is 48.3 cm³/mol. The van der Waals surface area contributed by atoms with Crippen molar-refractivity contribution in [3.8, 4) is 0 Å². The molecule has 13 heavy (non-hydrogen) atoms. The lowest BCUT2D eigenvalue weighted by Crippen LogP contribution is -2.39. The zero-order valence-corrected chi connectivity index (χ0v) is 8.19. The highest BCUT2D eigenvalue weighted by Gasteiger charge is 2.26. The summed E-state index contributed by atoms with van der Waals surface area (Å²) in [6, 6.07) is 0. The van der Waals surface area contributed by atoms with E-state index in [4.69, 9.17) is 9.84 Å². The van der Waals surface area contributed by atoms with Gasteiger partial charge < -0.3 is 14.7 Å². The van der Waals surface area contributed by atoms with Crippen LogP contribution in [0.25, 0.3) is 0 Å². The molecule has 76 valence electrons. The summed E-state index contributed by atoms with van der Waals surface area (Å²) in [6.45, 7) is 2.72. The summed E-state index contributed by atoms with van der Waals surface area (Å²) in [5.74, 6) is -0.0154. The maximum Gasteiger partial charge on any atom is 0.251 e. The van der Waals surface area contributed by atoms with Crippen molar-refractivity contribution in [2.75, 3.05) is 20.2 Å². The molecule has 0 saturated carbocycles. The average Bonchev–Trinajstić information content (AvgIpc) is 2.53. The van der Waals surface area contributed by atoms with E-state index in [2.05, 4.69) is 0 Å². The molecular formula is C9H17NO3. The molecule has 1 rings (SSSR count). The Labute approximate surface area is 78.5 Å². The molecule has 1 aliphatic rings. The van der Waals surface area contributed by atoms with Gasteiger partial charge in [0.05, 0.1) is 6.10 Å². The minimum atomic E-state index is -0.477. The zero-order valence-electron chi connectivity index (χ0n) is 8.19. The van der Waals surface area contributed by atoms with Gasteiger partial charge in [0, 0.05) is 20.2 Å². The van der Waals surface area contributed by atoms with E-state index < -0.39 is 6.10 Å². The van der Waals surface area contributed by atoms with Crippen LogP contribution in [0.3, 0.4) is 0 Å². The van der Waals surface area contributed by atoms with E-state index in [1.165, 1.54) is 4.90 Å². The van der Waals surface area contributed by atoms with Crippen molar-refractivity contribution in [2.45, 2.75) is 32.0 Å². The van der Waals surface area contributed by atoms with Crippen LogP contribution in [-0.4, -0.2) is 48.3 Å². The van der Waals surface area contributed by atoms with Gasteiger partial charge in [-0.3, -0.25) is 4.79 Å². The van der Waals surface area contributed by atoms with Crippen LogP contribution in [0.4, 0.5) is 0 Å². The predicted octanol–water partition coefficient (Wildman–Crippen LogP) is 0.00460. The highest BCUT2D eigenvalue weighted by molar-refractivity contribution is 5.80. The van der Waals surface area contributed by atoms with Gasteiger partial charge in [0.25, 0.3) is 5.91 Å². The maximum atomic E-state index is 11.6. The summed E-state index contributed by atoms with van der Waals surface area (Å²) in [5, 5.41) is 9.08. The molecule has 0 aromatic heterocycles. The zero-order chi connectivity index (χ0) is 9.84. The third-order valence-electron chi connectivity index (χ3n) is 2.12. The van der Waals surface area contributed by atoms with E-state index in [0.717, 1.165) is 12.8 Å². The van der Waals surface area contributed by atoms with Crippen LogP contribution in [0, 0.1) is 0 Å². The number of amides is 1. The van der Waals surface area contributed by atoms with Crippen molar-refractivity contribution in [2.24, 2.45) is 0 Å². The maximum absolute atomic E-state index is 11.6. The summed E-state index contributed by atoms with van der Waals surface area (Å²) in [5.41, 5.74) is 0. The third kappa shape index (κ3) is 2.97. The second-order valence-electron chi connectivity index (χ2n) is 3.57. The van der Waals surface area contributed by atoms with Gasteiger partial charge >= 0.3 is 0 Å². The summed E-state index contributed by atoms with van der Waals surface area (Å²) >= 11 is 0. The molecule has 2 atom stereocenters. The minimum Gasteiger partial charge on any atom is -0.392 e. The number of ether oxygens (including phenoxy) is 1. The Hall–Kier alpha value is -0.610. The standard InChI is InChI=1S/C9H17NO3/c1-7(11)6-10(2)9(12)8-4-3-5-13-8/h7-8,11H,3-6H2,1-2H3/t7?,8-/m1/s1. The van der Waals surface area contributed by atoms with Gasteiger partial charge in [0.15, 0.2) is 0 Å². The van der Waals surface area contributed by atoms with Crippen LogP contribution in [0.1, 0.15) is 19.8 Å². The van der Waals surface area contributed by atoms with Gasteiger partial charge in [-0.2, -0.15) is 0 Å².